The molecular formula is C18H32N4O2. The molecule has 0 aromatic heterocycles. The molecule has 3 saturated heterocycles. The molecule has 0 saturated carbocycles. The summed E-state index contributed by atoms with van der Waals surface area (Å²) in [5, 5.41) is 0. The number of piperazine rings is 1. The first-order chi connectivity index (χ1) is 11.5. The molecule has 1 atom stereocenters. The number of likely N-dealkylation sites (tertiary alicyclic amines) is 2. The lowest BCUT2D eigenvalue weighted by Crippen LogP contribution is -2.54. The smallest absolute Gasteiger partial charge is 0.227 e. The van der Waals surface area contributed by atoms with Gasteiger partial charge >= 0.3 is 0 Å². The van der Waals surface area contributed by atoms with Gasteiger partial charge in [-0.2, -0.15) is 0 Å². The summed E-state index contributed by atoms with van der Waals surface area (Å²) in [4.78, 5) is 33.2. The fraction of sp³-hybridized carbons (Fsp3) is 0.889. The molecule has 0 aromatic carbocycles. The van der Waals surface area contributed by atoms with E-state index in [0.29, 0.717) is 11.9 Å². The van der Waals surface area contributed by atoms with Crippen LogP contribution >= 0.6 is 0 Å². The van der Waals surface area contributed by atoms with Crippen molar-refractivity contribution in [1.82, 2.24) is 19.6 Å². The highest BCUT2D eigenvalue weighted by Gasteiger charge is 2.34. The Kier molecular flexibility index (Phi) is 5.76. The van der Waals surface area contributed by atoms with E-state index in [9.17, 15) is 9.59 Å². The second-order valence-corrected chi connectivity index (χ2v) is 7.70. The standard InChI is InChI=1S/C18H32N4O2/c1-15(23)20-8-5-17(6-9-20)22-7-3-4-16(14-22)18(24)21-12-10-19(2)11-13-21/h16-17H,3-14H2,1-2H3/t16-/m1/s1. The summed E-state index contributed by atoms with van der Waals surface area (Å²) in [6, 6.07) is 0.545. The van der Waals surface area contributed by atoms with Gasteiger partial charge in [0.1, 0.15) is 0 Å². The highest BCUT2D eigenvalue weighted by Crippen LogP contribution is 2.25. The van der Waals surface area contributed by atoms with E-state index in [-0.39, 0.29) is 11.8 Å². The third kappa shape index (κ3) is 4.09. The predicted octanol–water partition coefficient (Wildman–Crippen LogP) is 0.483. The van der Waals surface area contributed by atoms with E-state index in [4.69, 9.17) is 0 Å². The van der Waals surface area contributed by atoms with Crippen LogP contribution in [0.3, 0.4) is 0 Å². The zero-order chi connectivity index (χ0) is 17.1. The number of hydrogen-bond acceptors (Lipinski definition) is 4. The minimum atomic E-state index is 0.174. The van der Waals surface area contributed by atoms with Gasteiger partial charge in [-0.15, -0.1) is 0 Å². The predicted molar refractivity (Wildman–Crippen MR) is 93.7 cm³/mol. The van der Waals surface area contributed by atoms with Gasteiger partial charge in [0.2, 0.25) is 11.8 Å². The number of likely N-dealkylation sites (N-methyl/N-ethyl adjacent to an activating group) is 1. The largest absolute Gasteiger partial charge is 0.343 e. The molecule has 0 aromatic rings. The molecule has 0 N–H and O–H groups in total. The molecule has 3 aliphatic rings. The van der Waals surface area contributed by atoms with Gasteiger partial charge in [-0.05, 0) is 39.3 Å². The average molecular weight is 336 g/mol. The van der Waals surface area contributed by atoms with Crippen molar-refractivity contribution >= 4 is 11.8 Å². The quantitative estimate of drug-likeness (QED) is 0.736. The summed E-state index contributed by atoms with van der Waals surface area (Å²) in [6.45, 7) is 9.16. The molecule has 0 bridgehead atoms. The van der Waals surface area contributed by atoms with Crippen LogP contribution in [0.25, 0.3) is 0 Å². The Hall–Kier alpha value is -1.14. The Morgan fingerprint density at radius 2 is 1.50 bits per heavy atom. The third-order valence-electron chi connectivity index (χ3n) is 6.04. The van der Waals surface area contributed by atoms with Crippen LogP contribution in [-0.4, -0.2) is 96.9 Å². The molecule has 3 heterocycles. The lowest BCUT2D eigenvalue weighted by Gasteiger charge is -2.43. The molecule has 3 fully saturated rings. The van der Waals surface area contributed by atoms with E-state index >= 15 is 0 Å². The maximum atomic E-state index is 12.9. The molecule has 6 heteroatoms. The van der Waals surface area contributed by atoms with Crippen molar-refractivity contribution in [3.05, 3.63) is 0 Å². The number of hydrogen-bond donors (Lipinski definition) is 0. The Balaban J connectivity index is 1.51. The van der Waals surface area contributed by atoms with Gasteiger partial charge in [0.05, 0.1) is 5.92 Å². The van der Waals surface area contributed by atoms with Crippen molar-refractivity contribution in [3.63, 3.8) is 0 Å². The third-order valence-corrected chi connectivity index (χ3v) is 6.04. The minimum Gasteiger partial charge on any atom is -0.343 e. The molecule has 0 radical (unpaired) electrons. The Labute approximate surface area is 145 Å². The van der Waals surface area contributed by atoms with Crippen molar-refractivity contribution in [1.29, 1.82) is 0 Å². The molecule has 136 valence electrons. The fourth-order valence-corrected chi connectivity index (χ4v) is 4.37. The first kappa shape index (κ1) is 17.7. The number of nitrogens with zero attached hydrogens (tertiary/aromatic N) is 4. The van der Waals surface area contributed by atoms with E-state index in [0.717, 1.165) is 78.0 Å². The normalized spacial score (nSPS) is 28.2. The number of carbonyl (C=O) groups is 2. The zero-order valence-electron chi connectivity index (χ0n) is 15.2. The van der Waals surface area contributed by atoms with Crippen LogP contribution < -0.4 is 0 Å². The monoisotopic (exact) mass is 336 g/mol. The first-order valence-corrected chi connectivity index (χ1v) is 9.51. The molecule has 3 aliphatic heterocycles. The van der Waals surface area contributed by atoms with Crippen LogP contribution in [0.1, 0.15) is 32.6 Å². The van der Waals surface area contributed by atoms with Crippen LogP contribution in [0.5, 0.6) is 0 Å². The highest BCUT2D eigenvalue weighted by atomic mass is 16.2. The summed E-state index contributed by atoms with van der Waals surface area (Å²) in [6.07, 6.45) is 4.26. The van der Waals surface area contributed by atoms with Crippen LogP contribution in [0.2, 0.25) is 0 Å². The van der Waals surface area contributed by atoms with Gasteiger partial charge in [0.25, 0.3) is 0 Å². The van der Waals surface area contributed by atoms with Crippen LogP contribution in [0, 0.1) is 5.92 Å². The Morgan fingerprint density at radius 1 is 0.833 bits per heavy atom. The summed E-state index contributed by atoms with van der Waals surface area (Å²) in [7, 11) is 2.12. The van der Waals surface area contributed by atoms with E-state index in [2.05, 4.69) is 21.7 Å². The summed E-state index contributed by atoms with van der Waals surface area (Å²) in [5.41, 5.74) is 0. The van der Waals surface area contributed by atoms with Crippen molar-refractivity contribution < 1.29 is 9.59 Å². The number of piperidine rings is 2. The lowest BCUT2D eigenvalue weighted by molar-refractivity contribution is -0.139. The lowest BCUT2D eigenvalue weighted by atomic mass is 9.92. The number of rotatable bonds is 2. The van der Waals surface area contributed by atoms with Crippen LogP contribution in [0.4, 0.5) is 0 Å². The fourth-order valence-electron chi connectivity index (χ4n) is 4.37. The van der Waals surface area contributed by atoms with Crippen LogP contribution in [0.15, 0.2) is 0 Å². The molecule has 0 aliphatic carbocycles. The van der Waals surface area contributed by atoms with Gasteiger partial charge in [-0.25, -0.2) is 0 Å². The number of carbonyl (C=O) groups excluding carboxylic acids is 2. The second-order valence-electron chi connectivity index (χ2n) is 7.70. The molecule has 2 amide bonds. The van der Waals surface area contributed by atoms with E-state index in [1.807, 2.05) is 4.90 Å². The Bertz CT molecular complexity index is 454. The van der Waals surface area contributed by atoms with E-state index < -0.39 is 0 Å². The van der Waals surface area contributed by atoms with Crippen molar-refractivity contribution in [2.75, 3.05) is 59.4 Å². The second kappa shape index (κ2) is 7.83. The zero-order valence-corrected chi connectivity index (χ0v) is 15.2. The highest BCUT2D eigenvalue weighted by molar-refractivity contribution is 5.79. The maximum absolute atomic E-state index is 12.9. The topological polar surface area (TPSA) is 47.1 Å². The van der Waals surface area contributed by atoms with E-state index in [1.54, 1.807) is 6.92 Å². The molecule has 24 heavy (non-hydrogen) atoms. The minimum absolute atomic E-state index is 0.174. The molecular weight excluding hydrogens is 304 g/mol. The van der Waals surface area contributed by atoms with Crippen LogP contribution in [-0.2, 0) is 9.59 Å². The summed E-state index contributed by atoms with van der Waals surface area (Å²) < 4.78 is 0. The summed E-state index contributed by atoms with van der Waals surface area (Å²) in [5.74, 6) is 0.733. The van der Waals surface area contributed by atoms with Crippen molar-refractivity contribution in [2.24, 2.45) is 5.92 Å². The molecule has 0 unspecified atom stereocenters. The van der Waals surface area contributed by atoms with Crippen molar-refractivity contribution in [3.8, 4) is 0 Å². The molecule has 3 rings (SSSR count). The molecule has 6 nitrogen and oxygen atoms in total. The maximum Gasteiger partial charge on any atom is 0.227 e. The van der Waals surface area contributed by atoms with E-state index in [1.165, 1.54) is 0 Å². The average Bonchev–Trinajstić information content (AvgIpc) is 2.62. The number of amides is 2. The Morgan fingerprint density at radius 3 is 2.12 bits per heavy atom. The SMILES string of the molecule is CC(=O)N1CCC(N2CCC[C@@H](C(=O)N3CCN(C)CC3)C2)CC1. The molecule has 0 spiro atoms. The summed E-state index contributed by atoms with van der Waals surface area (Å²) >= 11 is 0. The van der Waals surface area contributed by atoms with Gasteiger partial charge in [0.15, 0.2) is 0 Å². The van der Waals surface area contributed by atoms with Gasteiger partial charge < -0.3 is 14.7 Å². The van der Waals surface area contributed by atoms with Gasteiger partial charge in [-0.1, -0.05) is 0 Å². The van der Waals surface area contributed by atoms with Gasteiger partial charge in [-0.3, -0.25) is 14.5 Å². The van der Waals surface area contributed by atoms with Crippen molar-refractivity contribution in [2.45, 2.75) is 38.6 Å². The van der Waals surface area contributed by atoms with Gasteiger partial charge in [0, 0.05) is 58.8 Å². The first-order valence-electron chi connectivity index (χ1n) is 9.51.